The Morgan fingerprint density at radius 1 is 1.47 bits per heavy atom. The van der Waals surface area contributed by atoms with E-state index in [9.17, 15) is 9.90 Å². The number of aliphatic hydroxyl groups is 1. The molecule has 104 valence electrons. The second-order valence-electron chi connectivity index (χ2n) is 4.61. The average Bonchev–Trinajstić information content (AvgIpc) is 2.74. The summed E-state index contributed by atoms with van der Waals surface area (Å²) >= 11 is 11.8. The van der Waals surface area contributed by atoms with Gasteiger partial charge in [-0.3, -0.25) is 9.69 Å². The molecule has 1 aromatic carbocycles. The van der Waals surface area contributed by atoms with E-state index >= 15 is 0 Å². The van der Waals surface area contributed by atoms with Crippen LogP contribution < -0.4 is 0 Å². The first-order chi connectivity index (χ1) is 9.01. The predicted octanol–water partition coefficient (Wildman–Crippen LogP) is 2.10. The molecule has 0 unspecified atom stereocenters. The highest BCUT2D eigenvalue weighted by atomic mass is 35.5. The van der Waals surface area contributed by atoms with Crippen LogP contribution in [0.15, 0.2) is 18.2 Å². The zero-order valence-corrected chi connectivity index (χ0v) is 12.0. The summed E-state index contributed by atoms with van der Waals surface area (Å²) in [5, 5.41) is 10.7. The van der Waals surface area contributed by atoms with E-state index in [4.69, 9.17) is 27.9 Å². The number of β-amino-alcohol motifs (C(OH)–C–C–N with tert-alkyl or cyclic N) is 1. The summed E-state index contributed by atoms with van der Waals surface area (Å²) in [4.78, 5) is 13.5. The number of benzene rings is 1. The molecule has 0 aliphatic carbocycles. The third-order valence-corrected chi connectivity index (χ3v) is 3.96. The van der Waals surface area contributed by atoms with E-state index in [1.165, 1.54) is 7.11 Å². The number of hydrogen-bond donors (Lipinski definition) is 1. The van der Waals surface area contributed by atoms with Gasteiger partial charge < -0.3 is 9.84 Å². The van der Waals surface area contributed by atoms with Gasteiger partial charge in [-0.1, -0.05) is 29.3 Å². The van der Waals surface area contributed by atoms with E-state index < -0.39 is 12.1 Å². The van der Waals surface area contributed by atoms with Crippen LogP contribution in [0.3, 0.4) is 0 Å². The summed E-state index contributed by atoms with van der Waals surface area (Å²) in [6, 6.07) is 4.93. The van der Waals surface area contributed by atoms with Crippen molar-refractivity contribution in [2.24, 2.45) is 0 Å². The Morgan fingerprint density at radius 3 is 2.84 bits per heavy atom. The maximum Gasteiger partial charge on any atom is 0.323 e. The van der Waals surface area contributed by atoms with E-state index in [-0.39, 0.29) is 5.97 Å². The lowest BCUT2D eigenvalue weighted by Gasteiger charge is -2.22. The summed E-state index contributed by atoms with van der Waals surface area (Å²) in [6.07, 6.45) is -0.111. The lowest BCUT2D eigenvalue weighted by Crippen LogP contribution is -2.36. The molecule has 4 nitrogen and oxygen atoms in total. The van der Waals surface area contributed by atoms with E-state index in [2.05, 4.69) is 0 Å². The first kappa shape index (κ1) is 14.6. The van der Waals surface area contributed by atoms with Crippen molar-refractivity contribution >= 4 is 29.2 Å². The molecule has 2 atom stereocenters. The Hall–Kier alpha value is -0.810. The van der Waals surface area contributed by atoms with Crippen LogP contribution in [-0.2, 0) is 16.1 Å². The van der Waals surface area contributed by atoms with E-state index in [1.807, 2.05) is 11.0 Å². The molecule has 0 amide bonds. The molecule has 1 aliphatic rings. The Labute approximate surface area is 121 Å². The van der Waals surface area contributed by atoms with Gasteiger partial charge in [-0.25, -0.2) is 0 Å². The fourth-order valence-corrected chi connectivity index (χ4v) is 2.63. The van der Waals surface area contributed by atoms with Gasteiger partial charge in [0.15, 0.2) is 0 Å². The fourth-order valence-electron chi connectivity index (χ4n) is 2.31. The lowest BCUT2D eigenvalue weighted by atomic mass is 10.1. The second kappa shape index (κ2) is 6.09. The van der Waals surface area contributed by atoms with Crippen LogP contribution >= 0.6 is 23.2 Å². The molecule has 1 aromatic rings. The number of hydrogen-bond acceptors (Lipinski definition) is 4. The van der Waals surface area contributed by atoms with Crippen molar-refractivity contribution in [3.8, 4) is 0 Å². The maximum atomic E-state index is 11.7. The number of carbonyl (C=O) groups excluding carboxylic acids is 1. The minimum Gasteiger partial charge on any atom is -0.468 e. The van der Waals surface area contributed by atoms with Crippen molar-refractivity contribution in [3.05, 3.63) is 33.8 Å². The van der Waals surface area contributed by atoms with Gasteiger partial charge in [0, 0.05) is 19.5 Å². The minimum absolute atomic E-state index is 0.323. The third-order valence-electron chi connectivity index (χ3n) is 3.22. The van der Waals surface area contributed by atoms with Crippen LogP contribution in [0.4, 0.5) is 0 Å². The molecule has 0 radical (unpaired) electrons. The molecule has 1 fully saturated rings. The van der Waals surface area contributed by atoms with Gasteiger partial charge in [0.1, 0.15) is 6.04 Å². The number of ether oxygens (including phenoxy) is 1. The van der Waals surface area contributed by atoms with E-state index in [1.54, 1.807) is 12.1 Å². The molecule has 0 saturated carbocycles. The van der Waals surface area contributed by atoms with Gasteiger partial charge in [0.25, 0.3) is 0 Å². The van der Waals surface area contributed by atoms with Crippen molar-refractivity contribution in [1.29, 1.82) is 0 Å². The minimum atomic E-state index is -0.508. The molecule has 1 N–H and O–H groups in total. The summed E-state index contributed by atoms with van der Waals surface area (Å²) in [5.41, 5.74) is 0.942. The van der Waals surface area contributed by atoms with E-state index in [0.29, 0.717) is 29.6 Å². The second-order valence-corrected chi connectivity index (χ2v) is 5.42. The largest absolute Gasteiger partial charge is 0.468 e. The first-order valence-corrected chi connectivity index (χ1v) is 6.70. The lowest BCUT2D eigenvalue weighted by molar-refractivity contribution is -0.146. The predicted molar refractivity (Wildman–Crippen MR) is 73.3 cm³/mol. The van der Waals surface area contributed by atoms with Gasteiger partial charge in [-0.05, 0) is 17.7 Å². The van der Waals surface area contributed by atoms with Gasteiger partial charge in [-0.15, -0.1) is 0 Å². The highest BCUT2D eigenvalue weighted by molar-refractivity contribution is 6.42. The number of halogens is 2. The molecule has 0 spiro atoms. The molecule has 0 bridgehead atoms. The SMILES string of the molecule is COC(=O)[C@@H]1C[C@@H](O)CN1Cc1ccc(Cl)c(Cl)c1. The van der Waals surface area contributed by atoms with Crippen molar-refractivity contribution in [3.63, 3.8) is 0 Å². The van der Waals surface area contributed by atoms with Gasteiger partial charge in [-0.2, -0.15) is 0 Å². The van der Waals surface area contributed by atoms with Crippen LogP contribution in [-0.4, -0.2) is 41.8 Å². The summed E-state index contributed by atoms with van der Waals surface area (Å²) in [7, 11) is 1.35. The van der Waals surface area contributed by atoms with Gasteiger partial charge >= 0.3 is 5.97 Å². The monoisotopic (exact) mass is 303 g/mol. The summed E-state index contributed by atoms with van der Waals surface area (Å²) in [5.74, 6) is -0.323. The highest BCUT2D eigenvalue weighted by Gasteiger charge is 2.36. The summed E-state index contributed by atoms with van der Waals surface area (Å²) < 4.78 is 4.75. The molecule has 1 heterocycles. The Morgan fingerprint density at radius 2 is 2.21 bits per heavy atom. The highest BCUT2D eigenvalue weighted by Crippen LogP contribution is 2.26. The summed E-state index contributed by atoms with van der Waals surface area (Å²) in [6.45, 7) is 0.966. The number of likely N-dealkylation sites (tertiary alicyclic amines) is 1. The normalized spacial score (nSPS) is 23.6. The van der Waals surface area contributed by atoms with Crippen LogP contribution in [0.5, 0.6) is 0 Å². The third kappa shape index (κ3) is 3.39. The van der Waals surface area contributed by atoms with Crippen LogP contribution in [0.25, 0.3) is 0 Å². The van der Waals surface area contributed by atoms with Crippen molar-refractivity contribution in [2.75, 3.05) is 13.7 Å². The number of carbonyl (C=O) groups is 1. The van der Waals surface area contributed by atoms with Crippen LogP contribution in [0, 0.1) is 0 Å². The smallest absolute Gasteiger partial charge is 0.323 e. The van der Waals surface area contributed by atoms with Gasteiger partial charge in [0.2, 0.25) is 0 Å². The van der Waals surface area contributed by atoms with Crippen molar-refractivity contribution < 1.29 is 14.6 Å². The zero-order chi connectivity index (χ0) is 14.0. The molecule has 0 aromatic heterocycles. The fraction of sp³-hybridized carbons (Fsp3) is 0.462. The van der Waals surface area contributed by atoms with E-state index in [0.717, 1.165) is 5.56 Å². The Bertz CT molecular complexity index is 481. The number of nitrogens with zero attached hydrogens (tertiary/aromatic N) is 1. The van der Waals surface area contributed by atoms with Crippen LogP contribution in [0.1, 0.15) is 12.0 Å². The first-order valence-electron chi connectivity index (χ1n) is 5.95. The van der Waals surface area contributed by atoms with Crippen molar-refractivity contribution in [2.45, 2.75) is 25.1 Å². The Kier molecular flexibility index (Phi) is 4.68. The standard InChI is InChI=1S/C13H15Cl2NO3/c1-19-13(18)12-5-9(17)7-16(12)6-8-2-3-10(14)11(15)4-8/h2-4,9,12,17H,5-7H2,1H3/t9-,12+/m1/s1. The zero-order valence-electron chi connectivity index (χ0n) is 10.5. The van der Waals surface area contributed by atoms with Crippen LogP contribution in [0.2, 0.25) is 10.0 Å². The molecule has 6 heteroatoms. The molecular weight excluding hydrogens is 289 g/mol. The molecule has 1 saturated heterocycles. The average molecular weight is 304 g/mol. The topological polar surface area (TPSA) is 49.8 Å². The number of methoxy groups -OCH3 is 1. The number of esters is 1. The number of rotatable bonds is 3. The molecule has 19 heavy (non-hydrogen) atoms. The Balaban J connectivity index is 2.12. The number of aliphatic hydroxyl groups excluding tert-OH is 1. The molecule has 1 aliphatic heterocycles. The quantitative estimate of drug-likeness (QED) is 0.869. The molecule has 2 rings (SSSR count). The molecular formula is C13H15Cl2NO3. The van der Waals surface area contributed by atoms with Gasteiger partial charge in [0.05, 0.1) is 23.3 Å². The van der Waals surface area contributed by atoms with Crippen molar-refractivity contribution in [1.82, 2.24) is 4.90 Å². The maximum absolute atomic E-state index is 11.7.